The van der Waals surface area contributed by atoms with E-state index in [1.807, 2.05) is 79.7 Å². The number of para-hydroxylation sites is 1. The molecule has 0 bridgehead atoms. The summed E-state index contributed by atoms with van der Waals surface area (Å²) in [6.07, 6.45) is 0.585. The van der Waals surface area contributed by atoms with Gasteiger partial charge in [0.05, 0.1) is 11.3 Å². The van der Waals surface area contributed by atoms with Crippen LogP contribution in [0.1, 0.15) is 27.3 Å². The Balaban J connectivity index is 1.57. The van der Waals surface area contributed by atoms with E-state index in [0.717, 1.165) is 11.1 Å². The van der Waals surface area contributed by atoms with E-state index in [0.29, 0.717) is 35.0 Å². The molecule has 3 aromatic carbocycles. The second-order valence-corrected chi connectivity index (χ2v) is 6.55. The molecule has 1 N–H and O–H groups in total. The average Bonchev–Trinajstić information content (AvgIpc) is 3.17. The number of aromatic nitrogens is 2. The van der Waals surface area contributed by atoms with Crippen LogP contribution in [0.15, 0.2) is 83.4 Å². The summed E-state index contributed by atoms with van der Waals surface area (Å²) in [5.74, 6) is 0.798. The van der Waals surface area contributed by atoms with Gasteiger partial charge in [-0.25, -0.2) is 0 Å². The third-order valence-electron chi connectivity index (χ3n) is 4.36. The van der Waals surface area contributed by atoms with Crippen molar-refractivity contribution >= 4 is 11.6 Å². The van der Waals surface area contributed by atoms with Gasteiger partial charge in [0.25, 0.3) is 11.8 Å². The van der Waals surface area contributed by atoms with Gasteiger partial charge in [0, 0.05) is 12.0 Å². The van der Waals surface area contributed by atoms with Gasteiger partial charge in [-0.1, -0.05) is 65.3 Å². The van der Waals surface area contributed by atoms with Crippen molar-refractivity contribution < 1.29 is 9.32 Å². The first kappa shape index (κ1) is 17.7. The molecule has 0 aliphatic heterocycles. The van der Waals surface area contributed by atoms with Gasteiger partial charge < -0.3 is 9.84 Å². The lowest BCUT2D eigenvalue weighted by atomic mass is 10.1. The zero-order valence-electron chi connectivity index (χ0n) is 15.4. The minimum Gasteiger partial charge on any atom is -0.334 e. The van der Waals surface area contributed by atoms with Crippen LogP contribution in [0.4, 0.5) is 5.69 Å². The van der Waals surface area contributed by atoms with Crippen molar-refractivity contribution in [3.05, 3.63) is 101 Å². The second-order valence-electron chi connectivity index (χ2n) is 6.55. The molecule has 5 nitrogen and oxygen atoms in total. The molecule has 138 valence electrons. The molecule has 1 heterocycles. The Morgan fingerprint density at radius 1 is 0.964 bits per heavy atom. The summed E-state index contributed by atoms with van der Waals surface area (Å²) >= 11 is 0. The fraction of sp³-hybridized carbons (Fsp3) is 0.0870. The van der Waals surface area contributed by atoms with Crippen molar-refractivity contribution in [2.45, 2.75) is 13.3 Å². The van der Waals surface area contributed by atoms with E-state index in [4.69, 9.17) is 4.52 Å². The summed E-state index contributed by atoms with van der Waals surface area (Å²) in [5.41, 5.74) is 4.06. The van der Waals surface area contributed by atoms with E-state index in [9.17, 15) is 4.79 Å². The van der Waals surface area contributed by atoms with Gasteiger partial charge >= 0.3 is 0 Å². The largest absolute Gasteiger partial charge is 0.334 e. The topological polar surface area (TPSA) is 68.0 Å². The molecule has 0 unspecified atom stereocenters. The maximum absolute atomic E-state index is 12.6. The summed E-state index contributed by atoms with van der Waals surface area (Å²) in [6, 6.07) is 24.8. The third kappa shape index (κ3) is 3.99. The number of nitrogens with one attached hydrogen (secondary N) is 1. The normalized spacial score (nSPS) is 10.6. The van der Waals surface area contributed by atoms with Crippen molar-refractivity contribution in [1.82, 2.24) is 10.1 Å². The fourth-order valence-electron chi connectivity index (χ4n) is 2.97. The van der Waals surface area contributed by atoms with Crippen molar-refractivity contribution in [2.75, 3.05) is 5.32 Å². The predicted octanol–water partition coefficient (Wildman–Crippen LogP) is 4.89. The number of benzene rings is 3. The molecule has 0 fully saturated rings. The van der Waals surface area contributed by atoms with E-state index in [-0.39, 0.29) is 5.91 Å². The molecule has 1 aromatic heterocycles. The van der Waals surface area contributed by atoms with Crippen molar-refractivity contribution in [1.29, 1.82) is 0 Å². The monoisotopic (exact) mass is 369 g/mol. The average molecular weight is 369 g/mol. The highest BCUT2D eigenvalue weighted by Gasteiger charge is 2.15. The molecule has 4 rings (SSSR count). The summed E-state index contributed by atoms with van der Waals surface area (Å²) in [7, 11) is 0. The van der Waals surface area contributed by atoms with E-state index in [1.54, 1.807) is 6.07 Å². The minimum absolute atomic E-state index is 0.180. The molecule has 0 saturated carbocycles. The predicted molar refractivity (Wildman–Crippen MR) is 108 cm³/mol. The fourth-order valence-corrected chi connectivity index (χ4v) is 2.97. The molecular weight excluding hydrogens is 350 g/mol. The standard InChI is InChI=1S/C23H19N3O2/c1-16-8-7-11-18(14-16)22(27)24-20-13-6-5-12-19(20)23-25-21(26-28-23)15-17-9-3-2-4-10-17/h2-14H,15H2,1H3,(H,24,27). The van der Waals surface area contributed by atoms with Crippen LogP contribution >= 0.6 is 0 Å². The second kappa shape index (κ2) is 7.88. The number of aryl methyl sites for hydroxylation is 1. The highest BCUT2D eigenvalue weighted by atomic mass is 16.5. The van der Waals surface area contributed by atoms with Crippen molar-refractivity contribution in [3.63, 3.8) is 0 Å². The quantitative estimate of drug-likeness (QED) is 0.544. The first-order chi connectivity index (χ1) is 13.7. The summed E-state index contributed by atoms with van der Waals surface area (Å²) < 4.78 is 5.46. The zero-order chi connectivity index (χ0) is 19.3. The number of hydrogen-bond donors (Lipinski definition) is 1. The Morgan fingerprint density at radius 3 is 2.57 bits per heavy atom. The minimum atomic E-state index is -0.180. The highest BCUT2D eigenvalue weighted by molar-refractivity contribution is 6.06. The molecule has 4 aromatic rings. The van der Waals surface area contributed by atoms with Crippen molar-refractivity contribution in [3.8, 4) is 11.5 Å². The van der Waals surface area contributed by atoms with Crippen LogP contribution < -0.4 is 5.32 Å². The number of carbonyl (C=O) groups is 1. The van der Waals surface area contributed by atoms with E-state index < -0.39 is 0 Å². The van der Waals surface area contributed by atoms with Gasteiger partial charge in [0.15, 0.2) is 5.82 Å². The Kier molecular flexibility index (Phi) is 4.97. The first-order valence-corrected chi connectivity index (χ1v) is 9.03. The molecule has 0 atom stereocenters. The lowest BCUT2D eigenvalue weighted by Crippen LogP contribution is -2.12. The van der Waals surface area contributed by atoms with Crippen molar-refractivity contribution in [2.24, 2.45) is 0 Å². The van der Waals surface area contributed by atoms with E-state index in [1.165, 1.54) is 0 Å². The molecule has 5 heteroatoms. The lowest BCUT2D eigenvalue weighted by Gasteiger charge is -2.09. The van der Waals surface area contributed by atoms with E-state index >= 15 is 0 Å². The number of rotatable bonds is 5. The molecule has 0 aliphatic rings. The number of carbonyl (C=O) groups excluding carboxylic acids is 1. The van der Waals surface area contributed by atoms with Crippen LogP contribution in [-0.4, -0.2) is 16.0 Å². The summed E-state index contributed by atoms with van der Waals surface area (Å²) in [4.78, 5) is 17.1. The van der Waals surface area contributed by atoms with Gasteiger partial charge in [-0.2, -0.15) is 4.98 Å². The Labute approximate surface area is 163 Å². The maximum atomic E-state index is 12.6. The Hall–Kier alpha value is -3.73. The van der Waals surface area contributed by atoms with E-state index in [2.05, 4.69) is 15.5 Å². The molecule has 0 aliphatic carbocycles. The summed E-state index contributed by atoms with van der Waals surface area (Å²) in [5, 5.41) is 7.02. The Morgan fingerprint density at radius 2 is 1.75 bits per heavy atom. The SMILES string of the molecule is Cc1cccc(C(=O)Nc2ccccc2-c2nc(Cc3ccccc3)no2)c1. The van der Waals surface area contributed by atoms with Crippen LogP contribution in [0.25, 0.3) is 11.5 Å². The molecule has 1 amide bonds. The lowest BCUT2D eigenvalue weighted by molar-refractivity contribution is 0.102. The number of hydrogen-bond acceptors (Lipinski definition) is 4. The molecule has 0 radical (unpaired) electrons. The number of amides is 1. The van der Waals surface area contributed by atoms with Gasteiger partial charge in [-0.3, -0.25) is 4.79 Å². The molecular formula is C23H19N3O2. The van der Waals surface area contributed by atoms with Crippen LogP contribution in [0.3, 0.4) is 0 Å². The number of anilines is 1. The molecule has 0 spiro atoms. The van der Waals surface area contributed by atoms with Crippen LogP contribution in [-0.2, 0) is 6.42 Å². The van der Waals surface area contributed by atoms with Crippen LogP contribution in [0.5, 0.6) is 0 Å². The van der Waals surface area contributed by atoms with Gasteiger partial charge in [0.1, 0.15) is 0 Å². The van der Waals surface area contributed by atoms with Gasteiger partial charge in [-0.05, 0) is 36.8 Å². The highest BCUT2D eigenvalue weighted by Crippen LogP contribution is 2.27. The summed E-state index contributed by atoms with van der Waals surface area (Å²) in [6.45, 7) is 1.96. The molecule has 0 saturated heterocycles. The van der Waals surface area contributed by atoms with Gasteiger partial charge in [0.2, 0.25) is 0 Å². The Bertz CT molecular complexity index is 1100. The number of nitrogens with zero attached hydrogens (tertiary/aromatic N) is 2. The maximum Gasteiger partial charge on any atom is 0.260 e. The van der Waals surface area contributed by atoms with Crippen LogP contribution in [0, 0.1) is 6.92 Å². The van der Waals surface area contributed by atoms with Gasteiger partial charge in [-0.15, -0.1) is 0 Å². The third-order valence-corrected chi connectivity index (χ3v) is 4.36. The zero-order valence-corrected chi connectivity index (χ0v) is 15.4. The smallest absolute Gasteiger partial charge is 0.260 e. The molecule has 28 heavy (non-hydrogen) atoms. The van der Waals surface area contributed by atoms with Crippen LogP contribution in [0.2, 0.25) is 0 Å². The first-order valence-electron chi connectivity index (χ1n) is 9.03.